The predicted molar refractivity (Wildman–Crippen MR) is 117 cm³/mol. The molecule has 152 valence electrons. The monoisotopic (exact) mass is 492 g/mol. The van der Waals surface area contributed by atoms with Gasteiger partial charge in [-0.3, -0.25) is 9.79 Å². The quantitative estimate of drug-likeness (QED) is 0.259. The van der Waals surface area contributed by atoms with Gasteiger partial charge in [-0.05, 0) is 6.42 Å². The van der Waals surface area contributed by atoms with E-state index in [1.165, 1.54) is 7.11 Å². The van der Waals surface area contributed by atoms with E-state index in [1.807, 2.05) is 18.2 Å². The van der Waals surface area contributed by atoms with Crippen molar-refractivity contribution in [2.75, 3.05) is 52.9 Å². The van der Waals surface area contributed by atoms with E-state index in [0.29, 0.717) is 18.9 Å². The van der Waals surface area contributed by atoms with Crippen LogP contribution in [0.4, 0.5) is 5.69 Å². The lowest BCUT2D eigenvalue weighted by molar-refractivity contribution is -0.140. The van der Waals surface area contributed by atoms with Crippen molar-refractivity contribution in [2.24, 2.45) is 4.99 Å². The lowest BCUT2D eigenvalue weighted by Gasteiger charge is -2.21. The molecule has 2 rings (SSSR count). The minimum Gasteiger partial charge on any atom is -0.497 e. The van der Waals surface area contributed by atoms with Crippen molar-refractivity contribution in [3.05, 3.63) is 18.2 Å². The fourth-order valence-electron chi connectivity index (χ4n) is 2.86. The number of hydrogen-bond donors (Lipinski definition) is 2. The van der Waals surface area contributed by atoms with E-state index >= 15 is 0 Å². The molecule has 0 aromatic heterocycles. The summed E-state index contributed by atoms with van der Waals surface area (Å²) in [5.41, 5.74) is 1.07. The van der Waals surface area contributed by atoms with Gasteiger partial charge in [0, 0.05) is 56.6 Å². The van der Waals surface area contributed by atoms with Gasteiger partial charge >= 0.3 is 5.97 Å². The second kappa shape index (κ2) is 11.7. The first kappa shape index (κ1) is 23.1. The maximum absolute atomic E-state index is 11.2. The van der Waals surface area contributed by atoms with Gasteiger partial charge in [-0.25, -0.2) is 0 Å². The first-order valence-electron chi connectivity index (χ1n) is 8.61. The molecule has 9 heteroatoms. The third-order valence-electron chi connectivity index (χ3n) is 4.30. The highest BCUT2D eigenvalue weighted by Crippen LogP contribution is 2.30. The molecule has 1 unspecified atom stereocenters. The van der Waals surface area contributed by atoms with E-state index in [-0.39, 0.29) is 36.0 Å². The zero-order chi connectivity index (χ0) is 18.9. The number of nitrogens with one attached hydrogen (secondary N) is 2. The number of guanidine groups is 1. The zero-order valence-corrected chi connectivity index (χ0v) is 18.6. The van der Waals surface area contributed by atoms with Crippen molar-refractivity contribution in [1.82, 2.24) is 10.6 Å². The summed E-state index contributed by atoms with van der Waals surface area (Å²) in [6.45, 7) is 2.25. The summed E-state index contributed by atoms with van der Waals surface area (Å²) in [6, 6.07) is 6.14. The number of halogens is 1. The number of aliphatic imine (C=N–C) groups is 1. The SMILES string of the molecule is CN=C(NCCC(=O)OC)NC1CCN(c2cc(OC)cc(OC)c2)C1.I. The summed E-state index contributed by atoms with van der Waals surface area (Å²) in [7, 11) is 6.40. The molecular weight excluding hydrogens is 463 g/mol. The second-order valence-electron chi connectivity index (χ2n) is 5.97. The Labute approximate surface area is 177 Å². The molecule has 1 aromatic carbocycles. The van der Waals surface area contributed by atoms with Gasteiger partial charge in [-0.1, -0.05) is 0 Å². The van der Waals surface area contributed by atoms with E-state index in [4.69, 9.17) is 9.47 Å². The first-order valence-corrected chi connectivity index (χ1v) is 8.61. The second-order valence-corrected chi connectivity index (χ2v) is 5.97. The highest BCUT2D eigenvalue weighted by molar-refractivity contribution is 14.0. The van der Waals surface area contributed by atoms with Gasteiger partial charge < -0.3 is 29.7 Å². The van der Waals surface area contributed by atoms with Gasteiger partial charge in [0.15, 0.2) is 5.96 Å². The molecule has 1 aliphatic rings. The Bertz CT molecular complexity index is 620. The Morgan fingerprint density at radius 3 is 2.44 bits per heavy atom. The molecule has 0 bridgehead atoms. The summed E-state index contributed by atoms with van der Waals surface area (Å²) in [4.78, 5) is 17.7. The van der Waals surface area contributed by atoms with Gasteiger partial charge in [0.25, 0.3) is 0 Å². The van der Waals surface area contributed by atoms with Crippen LogP contribution >= 0.6 is 24.0 Å². The van der Waals surface area contributed by atoms with Crippen molar-refractivity contribution in [3.63, 3.8) is 0 Å². The normalized spacial score (nSPS) is 16.4. The lowest BCUT2D eigenvalue weighted by atomic mass is 10.2. The highest BCUT2D eigenvalue weighted by atomic mass is 127. The van der Waals surface area contributed by atoms with Crippen LogP contribution in [0.2, 0.25) is 0 Å². The average Bonchev–Trinajstić information content (AvgIpc) is 3.15. The smallest absolute Gasteiger partial charge is 0.307 e. The summed E-state index contributed by atoms with van der Waals surface area (Å²) in [6.07, 6.45) is 1.29. The van der Waals surface area contributed by atoms with Crippen LogP contribution in [0.15, 0.2) is 23.2 Å². The number of rotatable bonds is 7. The number of carbonyl (C=O) groups excluding carboxylic acids is 1. The lowest BCUT2D eigenvalue weighted by Crippen LogP contribution is -2.45. The number of carbonyl (C=O) groups is 1. The molecule has 1 fully saturated rings. The number of nitrogens with zero attached hydrogens (tertiary/aromatic N) is 2. The molecule has 1 saturated heterocycles. The molecule has 2 N–H and O–H groups in total. The molecule has 1 atom stereocenters. The topological polar surface area (TPSA) is 84.4 Å². The van der Waals surface area contributed by atoms with Gasteiger partial charge in [-0.15, -0.1) is 24.0 Å². The number of hydrogen-bond acceptors (Lipinski definition) is 6. The zero-order valence-electron chi connectivity index (χ0n) is 16.3. The fourth-order valence-corrected chi connectivity index (χ4v) is 2.86. The Morgan fingerprint density at radius 2 is 1.89 bits per heavy atom. The molecule has 0 saturated carbocycles. The van der Waals surface area contributed by atoms with Crippen LogP contribution in [-0.2, 0) is 9.53 Å². The number of anilines is 1. The van der Waals surface area contributed by atoms with Crippen LogP contribution in [0.25, 0.3) is 0 Å². The predicted octanol–water partition coefficient (Wildman–Crippen LogP) is 1.63. The minimum atomic E-state index is -0.244. The summed E-state index contributed by atoms with van der Waals surface area (Å²) >= 11 is 0. The third-order valence-corrected chi connectivity index (χ3v) is 4.30. The average molecular weight is 492 g/mol. The largest absolute Gasteiger partial charge is 0.497 e. The van der Waals surface area contributed by atoms with E-state index in [0.717, 1.165) is 36.7 Å². The van der Waals surface area contributed by atoms with Crippen LogP contribution < -0.4 is 25.0 Å². The summed E-state index contributed by atoms with van der Waals surface area (Å²) in [5, 5.41) is 6.53. The fraction of sp³-hybridized carbons (Fsp3) is 0.556. The van der Waals surface area contributed by atoms with Crippen molar-refractivity contribution in [1.29, 1.82) is 0 Å². The van der Waals surface area contributed by atoms with Crippen molar-refractivity contribution in [2.45, 2.75) is 18.9 Å². The Balaban J connectivity index is 0.00000364. The van der Waals surface area contributed by atoms with Crippen LogP contribution in [0.1, 0.15) is 12.8 Å². The van der Waals surface area contributed by atoms with Gasteiger partial charge in [0.05, 0.1) is 27.8 Å². The highest BCUT2D eigenvalue weighted by Gasteiger charge is 2.24. The Hall–Kier alpha value is -1.91. The Morgan fingerprint density at radius 1 is 1.22 bits per heavy atom. The third kappa shape index (κ3) is 6.96. The molecule has 0 amide bonds. The first-order chi connectivity index (χ1) is 12.6. The number of methoxy groups -OCH3 is 3. The van der Waals surface area contributed by atoms with E-state index in [9.17, 15) is 4.79 Å². The summed E-state index contributed by atoms with van der Waals surface area (Å²) in [5.74, 6) is 1.99. The molecule has 0 radical (unpaired) electrons. The standard InChI is InChI=1S/C18H28N4O4.HI/c1-19-18(20-7-5-17(23)26-4)21-13-6-8-22(12-13)14-9-15(24-2)11-16(10-14)25-3;/h9-11,13H,5-8,12H2,1-4H3,(H2,19,20,21);1H. The molecular formula is C18H29IN4O4. The minimum absolute atomic E-state index is 0. The maximum atomic E-state index is 11.2. The van der Waals surface area contributed by atoms with Crippen molar-refractivity contribution in [3.8, 4) is 11.5 Å². The van der Waals surface area contributed by atoms with Gasteiger partial charge in [0.1, 0.15) is 11.5 Å². The molecule has 27 heavy (non-hydrogen) atoms. The molecule has 0 spiro atoms. The van der Waals surface area contributed by atoms with Crippen molar-refractivity contribution < 1.29 is 19.0 Å². The number of benzene rings is 1. The molecule has 1 heterocycles. The van der Waals surface area contributed by atoms with Gasteiger partial charge in [0.2, 0.25) is 0 Å². The molecule has 1 aromatic rings. The molecule has 8 nitrogen and oxygen atoms in total. The number of ether oxygens (including phenoxy) is 3. The van der Waals surface area contributed by atoms with Gasteiger partial charge in [-0.2, -0.15) is 0 Å². The van der Waals surface area contributed by atoms with E-state index in [2.05, 4.69) is 25.3 Å². The van der Waals surface area contributed by atoms with Crippen LogP contribution in [0.5, 0.6) is 11.5 Å². The van der Waals surface area contributed by atoms with Crippen LogP contribution in [0, 0.1) is 0 Å². The number of esters is 1. The van der Waals surface area contributed by atoms with Crippen LogP contribution in [-0.4, -0.2) is 66.0 Å². The molecule has 1 aliphatic heterocycles. The molecule has 0 aliphatic carbocycles. The van der Waals surface area contributed by atoms with E-state index in [1.54, 1.807) is 21.3 Å². The summed E-state index contributed by atoms with van der Waals surface area (Å²) < 4.78 is 15.3. The van der Waals surface area contributed by atoms with Crippen molar-refractivity contribution >= 4 is 41.6 Å². The van der Waals surface area contributed by atoms with Crippen LogP contribution in [0.3, 0.4) is 0 Å². The van der Waals surface area contributed by atoms with E-state index < -0.39 is 0 Å². The Kier molecular flexibility index (Phi) is 10.0. The maximum Gasteiger partial charge on any atom is 0.307 e.